The highest BCUT2D eigenvalue weighted by molar-refractivity contribution is 6.00. The minimum atomic E-state index is -0.947. The molecule has 0 saturated heterocycles. The van der Waals surface area contributed by atoms with Crippen LogP contribution in [-0.2, 0) is 11.8 Å². The van der Waals surface area contributed by atoms with Crippen LogP contribution in [0.4, 0.5) is 0 Å². The van der Waals surface area contributed by atoms with Crippen LogP contribution in [0.15, 0.2) is 36.5 Å². The number of nitrogens with one attached hydrogen (secondary N) is 1. The summed E-state index contributed by atoms with van der Waals surface area (Å²) in [6, 6.07) is 9.02. The van der Waals surface area contributed by atoms with Gasteiger partial charge in [0.25, 0.3) is 5.91 Å². The van der Waals surface area contributed by atoms with Crippen molar-refractivity contribution in [1.29, 1.82) is 0 Å². The number of carbonyl (C=O) groups is 2. The second-order valence-electron chi connectivity index (χ2n) is 4.87. The van der Waals surface area contributed by atoms with E-state index in [4.69, 9.17) is 5.11 Å². The lowest BCUT2D eigenvalue weighted by Gasteiger charge is -2.12. The lowest BCUT2D eigenvalue weighted by Crippen LogP contribution is -2.34. The van der Waals surface area contributed by atoms with Crippen LogP contribution in [0.25, 0.3) is 11.3 Å². The number of carboxylic acids is 1. The maximum atomic E-state index is 12.3. The third-order valence-electron chi connectivity index (χ3n) is 3.09. The van der Waals surface area contributed by atoms with Crippen LogP contribution < -0.4 is 5.32 Å². The number of carbonyl (C=O) groups excluding carboxylic acids is 1. The van der Waals surface area contributed by atoms with Crippen LogP contribution in [0.3, 0.4) is 0 Å². The second-order valence-corrected chi connectivity index (χ2v) is 4.87. The van der Waals surface area contributed by atoms with Gasteiger partial charge in [0.05, 0.1) is 23.9 Å². The van der Waals surface area contributed by atoms with Gasteiger partial charge in [0.1, 0.15) is 0 Å². The summed E-state index contributed by atoms with van der Waals surface area (Å²) in [4.78, 5) is 22.9. The fourth-order valence-corrected chi connectivity index (χ4v) is 2.16. The Kier molecular flexibility index (Phi) is 4.37. The summed E-state index contributed by atoms with van der Waals surface area (Å²) in [5, 5.41) is 15.5. The van der Waals surface area contributed by atoms with Crippen molar-refractivity contribution in [3.8, 4) is 11.3 Å². The molecular weight excluding hydrogens is 270 g/mol. The fourth-order valence-electron chi connectivity index (χ4n) is 2.16. The predicted molar refractivity (Wildman–Crippen MR) is 77.8 cm³/mol. The number of hydrogen-bond acceptors (Lipinski definition) is 3. The summed E-state index contributed by atoms with van der Waals surface area (Å²) in [5.74, 6) is -1.27. The number of aliphatic carboxylic acids is 1. The smallest absolute Gasteiger partial charge is 0.305 e. The lowest BCUT2D eigenvalue weighted by molar-refractivity contribution is -0.137. The Morgan fingerprint density at radius 1 is 1.33 bits per heavy atom. The Morgan fingerprint density at radius 3 is 2.62 bits per heavy atom. The molecule has 1 aromatic heterocycles. The Labute approximate surface area is 122 Å². The number of benzene rings is 1. The van der Waals surface area contributed by atoms with Gasteiger partial charge in [-0.2, -0.15) is 5.10 Å². The van der Waals surface area contributed by atoms with Crippen molar-refractivity contribution in [3.63, 3.8) is 0 Å². The molecule has 0 aliphatic heterocycles. The van der Waals surface area contributed by atoms with Gasteiger partial charge in [0.15, 0.2) is 0 Å². The third-order valence-corrected chi connectivity index (χ3v) is 3.09. The second kappa shape index (κ2) is 6.21. The van der Waals surface area contributed by atoms with Crippen LogP contribution in [0.5, 0.6) is 0 Å². The van der Waals surface area contributed by atoms with Gasteiger partial charge in [-0.05, 0) is 6.92 Å². The summed E-state index contributed by atoms with van der Waals surface area (Å²) in [6.07, 6.45) is 1.37. The van der Waals surface area contributed by atoms with Gasteiger partial charge in [0.2, 0.25) is 0 Å². The zero-order chi connectivity index (χ0) is 15.4. The molecule has 0 spiro atoms. The maximum absolute atomic E-state index is 12.3. The van der Waals surface area contributed by atoms with E-state index in [-0.39, 0.29) is 12.3 Å². The molecule has 2 rings (SSSR count). The van der Waals surface area contributed by atoms with E-state index in [2.05, 4.69) is 10.4 Å². The van der Waals surface area contributed by atoms with Gasteiger partial charge in [-0.25, -0.2) is 0 Å². The monoisotopic (exact) mass is 287 g/mol. The van der Waals surface area contributed by atoms with E-state index in [1.54, 1.807) is 18.7 Å². The van der Waals surface area contributed by atoms with E-state index in [0.29, 0.717) is 11.3 Å². The van der Waals surface area contributed by atoms with E-state index < -0.39 is 12.0 Å². The van der Waals surface area contributed by atoms with Crippen LogP contribution in [-0.4, -0.2) is 32.8 Å². The van der Waals surface area contributed by atoms with Crippen LogP contribution >= 0.6 is 0 Å². The number of amides is 1. The van der Waals surface area contributed by atoms with Gasteiger partial charge in [-0.1, -0.05) is 30.3 Å². The number of aryl methyl sites for hydroxylation is 1. The van der Waals surface area contributed by atoms with Gasteiger partial charge in [0, 0.05) is 18.7 Å². The SMILES string of the molecule is CC(CC(=O)O)NC(=O)c1cnn(C)c1-c1ccccc1. The summed E-state index contributed by atoms with van der Waals surface area (Å²) in [5.41, 5.74) is 2.02. The topological polar surface area (TPSA) is 84.2 Å². The molecule has 1 amide bonds. The van der Waals surface area contributed by atoms with Crippen molar-refractivity contribution in [2.24, 2.45) is 7.05 Å². The molecule has 0 saturated carbocycles. The highest BCUT2D eigenvalue weighted by Gasteiger charge is 2.19. The normalized spacial score (nSPS) is 11.9. The molecule has 0 aliphatic carbocycles. The molecule has 6 heteroatoms. The first kappa shape index (κ1) is 14.8. The maximum Gasteiger partial charge on any atom is 0.305 e. The molecule has 21 heavy (non-hydrogen) atoms. The lowest BCUT2D eigenvalue weighted by atomic mass is 10.1. The van der Waals surface area contributed by atoms with Crippen molar-refractivity contribution in [2.75, 3.05) is 0 Å². The number of rotatable bonds is 5. The number of nitrogens with zero attached hydrogens (tertiary/aromatic N) is 2. The first-order valence-electron chi connectivity index (χ1n) is 6.59. The quantitative estimate of drug-likeness (QED) is 0.876. The summed E-state index contributed by atoms with van der Waals surface area (Å²) in [7, 11) is 1.76. The summed E-state index contributed by atoms with van der Waals surface area (Å²) in [6.45, 7) is 1.66. The molecule has 1 aromatic carbocycles. The molecule has 0 bridgehead atoms. The van der Waals surface area contributed by atoms with Gasteiger partial charge in [-0.3, -0.25) is 14.3 Å². The standard InChI is InChI=1S/C15H17N3O3/c1-10(8-13(19)20)17-15(21)12-9-16-18(2)14(12)11-6-4-3-5-7-11/h3-7,9-10H,8H2,1-2H3,(H,17,21)(H,19,20). The highest BCUT2D eigenvalue weighted by Crippen LogP contribution is 2.22. The Hall–Kier alpha value is -2.63. The molecule has 110 valence electrons. The number of carboxylic acid groups (broad SMARTS) is 1. The van der Waals surface area contributed by atoms with Crippen molar-refractivity contribution < 1.29 is 14.7 Å². The van der Waals surface area contributed by atoms with Crippen molar-refractivity contribution >= 4 is 11.9 Å². The number of hydrogen-bond donors (Lipinski definition) is 2. The largest absolute Gasteiger partial charge is 0.481 e. The first-order valence-corrected chi connectivity index (χ1v) is 6.59. The van der Waals surface area contributed by atoms with Gasteiger partial charge < -0.3 is 10.4 Å². The molecule has 0 radical (unpaired) electrons. The Morgan fingerprint density at radius 2 is 2.00 bits per heavy atom. The van der Waals surface area contributed by atoms with E-state index in [0.717, 1.165) is 5.56 Å². The average molecular weight is 287 g/mol. The van der Waals surface area contributed by atoms with Crippen LogP contribution in [0.1, 0.15) is 23.7 Å². The molecular formula is C15H17N3O3. The van der Waals surface area contributed by atoms with E-state index in [1.165, 1.54) is 6.20 Å². The Balaban J connectivity index is 2.25. The fraction of sp³-hybridized carbons (Fsp3) is 0.267. The zero-order valence-corrected chi connectivity index (χ0v) is 11.9. The summed E-state index contributed by atoms with van der Waals surface area (Å²) >= 11 is 0. The molecule has 2 aromatic rings. The van der Waals surface area contributed by atoms with Crippen molar-refractivity contribution in [3.05, 3.63) is 42.1 Å². The Bertz CT molecular complexity index is 649. The molecule has 1 unspecified atom stereocenters. The van der Waals surface area contributed by atoms with Crippen molar-refractivity contribution in [2.45, 2.75) is 19.4 Å². The minimum absolute atomic E-state index is 0.118. The van der Waals surface area contributed by atoms with E-state index in [9.17, 15) is 9.59 Å². The minimum Gasteiger partial charge on any atom is -0.481 e. The first-order chi connectivity index (χ1) is 9.99. The number of aromatic nitrogens is 2. The molecule has 1 atom stereocenters. The average Bonchev–Trinajstić information content (AvgIpc) is 2.80. The van der Waals surface area contributed by atoms with Crippen LogP contribution in [0, 0.1) is 0 Å². The molecule has 2 N–H and O–H groups in total. The van der Waals surface area contributed by atoms with Gasteiger partial charge >= 0.3 is 5.97 Å². The van der Waals surface area contributed by atoms with E-state index >= 15 is 0 Å². The molecule has 1 heterocycles. The highest BCUT2D eigenvalue weighted by atomic mass is 16.4. The van der Waals surface area contributed by atoms with E-state index in [1.807, 2.05) is 30.3 Å². The molecule has 0 aliphatic rings. The molecule has 6 nitrogen and oxygen atoms in total. The van der Waals surface area contributed by atoms with Crippen molar-refractivity contribution in [1.82, 2.24) is 15.1 Å². The van der Waals surface area contributed by atoms with Gasteiger partial charge in [-0.15, -0.1) is 0 Å². The third kappa shape index (κ3) is 3.47. The predicted octanol–water partition coefficient (Wildman–Crippen LogP) is 1.68. The zero-order valence-electron chi connectivity index (χ0n) is 11.9. The summed E-state index contributed by atoms with van der Waals surface area (Å²) < 4.78 is 1.63. The van der Waals surface area contributed by atoms with Crippen LogP contribution in [0.2, 0.25) is 0 Å². The molecule has 0 fully saturated rings.